The third-order valence-electron chi connectivity index (χ3n) is 23.3. The molecular weight excluding hydrogens is 984 g/mol. The fourth-order valence-electron chi connectivity index (χ4n) is 22.0. The molecule has 2 aromatic rings. The molecule has 0 nitrogen and oxygen atoms in total. The van der Waals surface area contributed by atoms with Crippen LogP contribution in [-0.2, 0) is 0 Å². The normalized spacial score (nSPS) is 14.6. The van der Waals surface area contributed by atoms with Crippen molar-refractivity contribution in [2.45, 2.75) is 356 Å². The van der Waals surface area contributed by atoms with Crippen LogP contribution in [0.1, 0.15) is 249 Å². The van der Waals surface area contributed by atoms with Crippen LogP contribution in [-0.4, -0.2) is 55.2 Å². The molecule has 2 rings (SSSR count). The first-order chi connectivity index (χ1) is 33.6. The quantitative estimate of drug-likeness (QED) is 0.0824. The molecule has 0 N–H and O–H groups in total. The molecule has 0 unspecified atom stereocenters. The zero-order valence-electron chi connectivity index (χ0n) is 57.3. The van der Waals surface area contributed by atoms with Crippen molar-refractivity contribution in [3.63, 3.8) is 0 Å². The molecule has 0 amide bonds. The second-order valence-corrected chi connectivity index (χ2v) is 66.4. The molecule has 0 aliphatic rings. The summed E-state index contributed by atoms with van der Waals surface area (Å²) in [7, 11) is -13.6. The molecule has 0 fully saturated rings. The van der Waals surface area contributed by atoms with Crippen LogP contribution >= 0.6 is 0 Å². The van der Waals surface area contributed by atoms with E-state index in [-0.39, 0.29) is 6.71 Å². The van der Waals surface area contributed by atoms with E-state index in [4.69, 9.17) is 0 Å². The van der Waals surface area contributed by atoms with Crippen LogP contribution in [0.25, 0.3) is 0 Å². The van der Waals surface area contributed by atoms with E-state index in [0.717, 1.165) is 0 Å². The lowest BCUT2D eigenvalue weighted by Crippen LogP contribution is -2.80. The molecule has 74 heavy (non-hydrogen) atoms. The van der Waals surface area contributed by atoms with Crippen LogP contribution in [0, 0.1) is 0 Å². The zero-order valence-corrected chi connectivity index (χ0v) is 63.3. The lowest BCUT2D eigenvalue weighted by molar-refractivity contribution is 0.830. The van der Waals surface area contributed by atoms with E-state index in [9.17, 15) is 0 Å². The Kier molecular flexibility index (Phi) is 24.3. The molecular formula is C67H133BSi6. The molecule has 0 aliphatic heterocycles. The second-order valence-electron chi connectivity index (χ2n) is 31.1. The van der Waals surface area contributed by atoms with Crippen LogP contribution in [0.15, 0.2) is 24.3 Å². The van der Waals surface area contributed by atoms with Gasteiger partial charge in [-0.25, -0.2) is 0 Å². The summed E-state index contributed by atoms with van der Waals surface area (Å²) < 4.78 is 0. The third kappa shape index (κ3) is 10.7. The highest BCUT2D eigenvalue weighted by molar-refractivity contribution is 7.11. The van der Waals surface area contributed by atoms with Crippen molar-refractivity contribution in [2.24, 2.45) is 0 Å². The lowest BCUT2D eigenvalue weighted by Gasteiger charge is -2.54. The van der Waals surface area contributed by atoms with E-state index in [1.54, 1.807) is 0 Å². The van der Waals surface area contributed by atoms with Gasteiger partial charge in [-0.2, -0.15) is 0 Å². The minimum atomic E-state index is -2.34. The monoisotopic (exact) mass is 1120 g/mol. The molecule has 0 heterocycles. The number of hydrogen-bond acceptors (Lipinski definition) is 0. The van der Waals surface area contributed by atoms with Crippen molar-refractivity contribution in [2.75, 3.05) is 0 Å². The number of rotatable bonds is 26. The summed E-state index contributed by atoms with van der Waals surface area (Å²) in [6.45, 7) is 99.7. The number of hydrogen-bond donors (Lipinski definition) is 0. The van der Waals surface area contributed by atoms with Crippen molar-refractivity contribution >= 4 is 97.2 Å². The minimum absolute atomic E-state index is 0.284. The van der Waals surface area contributed by atoms with Crippen LogP contribution in [0.3, 0.4) is 0 Å². The molecule has 2 aromatic carbocycles. The molecule has 0 spiro atoms. The van der Waals surface area contributed by atoms with Crippen molar-refractivity contribution in [1.82, 2.24) is 0 Å². The molecule has 428 valence electrons. The third-order valence-corrected chi connectivity index (χ3v) is 65.6. The first-order valence-corrected chi connectivity index (χ1v) is 45.3. The van der Waals surface area contributed by atoms with Crippen LogP contribution in [0.4, 0.5) is 0 Å². The fraction of sp³-hybridized carbons (Fsp3) is 0.821. The Bertz CT molecular complexity index is 1710. The fourth-order valence-corrected chi connectivity index (χ4v) is 64.8. The largest absolute Gasteiger partial charge is 0.205 e. The highest BCUT2D eigenvalue weighted by Crippen LogP contribution is 2.49. The van der Waals surface area contributed by atoms with Gasteiger partial charge in [0.1, 0.15) is 0 Å². The first kappa shape index (κ1) is 69.9. The Morgan fingerprint density at radius 1 is 0.203 bits per heavy atom. The highest BCUT2D eigenvalue weighted by Gasteiger charge is 2.58. The van der Waals surface area contributed by atoms with Crippen LogP contribution in [0.2, 0.25) is 107 Å². The maximum Gasteiger partial charge on any atom is 0.205 e. The summed E-state index contributed by atoms with van der Waals surface area (Å²) in [6, 6.07) is 12.4. The van der Waals surface area contributed by atoms with Gasteiger partial charge in [0.15, 0.2) is 0 Å². The molecule has 0 saturated carbocycles. The van der Waals surface area contributed by atoms with Crippen LogP contribution < -0.4 is 42.0 Å². The Morgan fingerprint density at radius 2 is 0.311 bits per heavy atom. The van der Waals surface area contributed by atoms with Crippen molar-refractivity contribution in [3.05, 3.63) is 24.3 Å². The van der Waals surface area contributed by atoms with Gasteiger partial charge >= 0.3 is 0 Å². The smallest absolute Gasteiger partial charge is 0.0774 e. The van der Waals surface area contributed by atoms with Crippen molar-refractivity contribution < 1.29 is 0 Å². The van der Waals surface area contributed by atoms with Gasteiger partial charge in [0.2, 0.25) is 6.71 Å². The average Bonchev–Trinajstić information content (AvgIpc) is 3.19. The maximum absolute atomic E-state index is 3.10. The van der Waals surface area contributed by atoms with E-state index in [1.807, 2.05) is 42.0 Å². The zero-order chi connectivity index (χ0) is 58.4. The second kappa shape index (κ2) is 25.7. The maximum atomic E-state index is 3.10. The van der Waals surface area contributed by atoms with Gasteiger partial charge in [-0.1, -0.05) is 322 Å². The summed E-state index contributed by atoms with van der Waals surface area (Å²) in [6.07, 6.45) is 0. The predicted octanol–water partition coefficient (Wildman–Crippen LogP) is 19.2. The SMILES string of the molecule is CB(c1c([Si](C(C)C)(C(C)C)C(C)C)cc([Si](C(C)C)(C(C)C)C(C)C)cc1[Si](C(C)C)(C(C)C)C(C)C)c1c([Si](C(C)C)(C(C)C)C(C)C)cc([Si](C(C)C)(C(C)C)C(C)C)cc1[Si](C(C)C)(C(C)C)C(C)C. The summed E-state index contributed by atoms with van der Waals surface area (Å²) >= 11 is 0. The van der Waals surface area contributed by atoms with Gasteiger partial charge in [-0.15, -0.1) is 0 Å². The van der Waals surface area contributed by atoms with E-state index in [0.29, 0.717) is 99.7 Å². The minimum Gasteiger partial charge on any atom is -0.0774 e. The summed E-state index contributed by atoms with van der Waals surface area (Å²) in [5.41, 5.74) is 15.0. The molecule has 0 bridgehead atoms. The molecule has 0 aliphatic carbocycles. The van der Waals surface area contributed by atoms with Gasteiger partial charge in [0.25, 0.3) is 0 Å². The summed E-state index contributed by atoms with van der Waals surface area (Å²) in [5, 5.41) is 11.3. The van der Waals surface area contributed by atoms with E-state index >= 15 is 0 Å². The van der Waals surface area contributed by atoms with Gasteiger partial charge in [-0.05, 0) is 99.7 Å². The van der Waals surface area contributed by atoms with E-state index in [2.05, 4.69) is 280 Å². The standard InChI is InChI=1S/C67H133BSi6/c1-42(2)69(43(3)4,44(5)6)60-38-62(71(48(13)14,49(15)16)50(17)18)66(63(39-60)72(51(19)20,52(21)22)53(23)24)68(37)67-64(73(54(25)26,55(27)28)56(29)30)40-61(70(45(7)8,46(9)10)47(11)12)41-65(67)74(57(31)32,58(33)34)59(35)36/h38-59H,1-37H3. The van der Waals surface area contributed by atoms with Gasteiger partial charge in [0.05, 0.1) is 48.4 Å². The lowest BCUT2D eigenvalue weighted by atomic mass is 9.42. The molecule has 0 radical (unpaired) electrons. The first-order valence-electron chi connectivity index (χ1n) is 31.9. The summed E-state index contributed by atoms with van der Waals surface area (Å²) in [4.78, 5) is 0. The van der Waals surface area contributed by atoms with E-state index < -0.39 is 48.4 Å². The Balaban J connectivity index is 4.42. The Labute approximate surface area is 474 Å². The van der Waals surface area contributed by atoms with Gasteiger partial charge in [-0.3, -0.25) is 0 Å². The van der Waals surface area contributed by atoms with Crippen molar-refractivity contribution in [1.29, 1.82) is 0 Å². The molecule has 0 aromatic heterocycles. The van der Waals surface area contributed by atoms with Crippen LogP contribution in [0.5, 0.6) is 0 Å². The van der Waals surface area contributed by atoms with Gasteiger partial charge < -0.3 is 0 Å². The Morgan fingerprint density at radius 3 is 0.405 bits per heavy atom. The highest BCUT2D eigenvalue weighted by atomic mass is 28.3. The number of benzene rings is 2. The molecule has 0 atom stereocenters. The average molecular weight is 1120 g/mol. The van der Waals surface area contributed by atoms with Crippen molar-refractivity contribution in [3.8, 4) is 0 Å². The molecule has 0 saturated heterocycles. The molecule has 7 heteroatoms. The van der Waals surface area contributed by atoms with E-state index in [1.165, 1.54) is 0 Å². The summed E-state index contributed by atoms with van der Waals surface area (Å²) in [5.74, 6) is 0. The topological polar surface area (TPSA) is 0 Å². The predicted molar refractivity (Wildman–Crippen MR) is 368 cm³/mol. The Hall–Kier alpha value is -0.194. The van der Waals surface area contributed by atoms with Gasteiger partial charge in [0, 0.05) is 0 Å².